The van der Waals surface area contributed by atoms with Gasteiger partial charge in [0, 0.05) is 10.6 Å². The van der Waals surface area contributed by atoms with Gasteiger partial charge in [-0.2, -0.15) is 0 Å². The van der Waals surface area contributed by atoms with Gasteiger partial charge in [-0.05, 0) is 56.7 Å². The van der Waals surface area contributed by atoms with Crippen LogP contribution in [0.1, 0.15) is 18.1 Å². The van der Waals surface area contributed by atoms with Gasteiger partial charge in [-0.1, -0.05) is 17.7 Å². The highest BCUT2D eigenvalue weighted by atomic mass is 32.2. The Hall–Kier alpha value is -2.67. The van der Waals surface area contributed by atoms with Crippen LogP contribution < -0.4 is 20.9 Å². The lowest BCUT2D eigenvalue weighted by molar-refractivity contribution is -0.126. The Kier molecular flexibility index (Phi) is 8.00. The van der Waals surface area contributed by atoms with Gasteiger partial charge in [-0.3, -0.25) is 20.4 Å². The molecule has 2 aromatic rings. The first-order valence-electron chi connectivity index (χ1n) is 8.72. The van der Waals surface area contributed by atoms with Gasteiger partial charge < -0.3 is 10.1 Å². The van der Waals surface area contributed by atoms with Crippen LogP contribution in [0.5, 0.6) is 5.75 Å². The van der Waals surface area contributed by atoms with Gasteiger partial charge >= 0.3 is 0 Å². The highest BCUT2D eigenvalue weighted by molar-refractivity contribution is 8.00. The predicted molar refractivity (Wildman–Crippen MR) is 109 cm³/mol. The summed E-state index contributed by atoms with van der Waals surface area (Å²) in [6.07, 6.45) is 0. The fourth-order valence-corrected chi connectivity index (χ4v) is 3.05. The van der Waals surface area contributed by atoms with E-state index in [0.29, 0.717) is 6.61 Å². The molecule has 2 aromatic carbocycles. The van der Waals surface area contributed by atoms with Crippen LogP contribution in [0, 0.1) is 13.8 Å². The van der Waals surface area contributed by atoms with Crippen molar-refractivity contribution in [3.8, 4) is 5.75 Å². The number of hydrogen-bond donors (Lipinski definition) is 3. The van der Waals surface area contributed by atoms with E-state index in [4.69, 9.17) is 4.74 Å². The topological polar surface area (TPSA) is 79.5 Å². The second kappa shape index (κ2) is 10.5. The molecule has 144 valence electrons. The molecular weight excluding hydrogens is 362 g/mol. The molecule has 27 heavy (non-hydrogen) atoms. The molecule has 0 atom stereocenters. The largest absolute Gasteiger partial charge is 0.494 e. The Bertz CT molecular complexity index is 779. The van der Waals surface area contributed by atoms with Gasteiger partial charge in [-0.15, -0.1) is 11.8 Å². The summed E-state index contributed by atoms with van der Waals surface area (Å²) < 4.78 is 5.38. The average molecular weight is 388 g/mol. The molecular formula is C20H25N3O3S. The van der Waals surface area contributed by atoms with Crippen LogP contribution in [-0.2, 0) is 9.59 Å². The van der Waals surface area contributed by atoms with E-state index in [1.807, 2.05) is 63.2 Å². The molecule has 0 saturated heterocycles. The molecule has 0 aliphatic carbocycles. The van der Waals surface area contributed by atoms with E-state index in [0.717, 1.165) is 21.9 Å². The Morgan fingerprint density at radius 2 is 1.70 bits per heavy atom. The predicted octanol–water partition coefficient (Wildman–Crippen LogP) is 3.05. The van der Waals surface area contributed by atoms with Crippen molar-refractivity contribution in [1.29, 1.82) is 0 Å². The fraction of sp³-hybridized carbons (Fsp3) is 0.300. The van der Waals surface area contributed by atoms with Crippen molar-refractivity contribution >= 4 is 29.3 Å². The molecule has 0 unspecified atom stereocenters. The number of carbonyl (C=O) groups excluding carboxylic acids is 2. The molecule has 0 aliphatic rings. The molecule has 2 rings (SSSR count). The summed E-state index contributed by atoms with van der Waals surface area (Å²) in [5, 5.41) is 3.06. The van der Waals surface area contributed by atoms with E-state index >= 15 is 0 Å². The number of carbonyl (C=O) groups is 2. The van der Waals surface area contributed by atoms with Crippen LogP contribution in [0.25, 0.3) is 0 Å². The second-order valence-electron chi connectivity index (χ2n) is 5.96. The first-order valence-corrected chi connectivity index (χ1v) is 9.71. The number of nitrogens with one attached hydrogen (secondary N) is 3. The maximum atomic E-state index is 11.9. The van der Waals surface area contributed by atoms with Crippen molar-refractivity contribution in [2.24, 2.45) is 0 Å². The summed E-state index contributed by atoms with van der Waals surface area (Å²) in [5.74, 6) is 0.427. The molecule has 0 spiro atoms. The minimum atomic E-state index is -0.311. The van der Waals surface area contributed by atoms with Crippen LogP contribution in [-0.4, -0.2) is 30.7 Å². The van der Waals surface area contributed by atoms with E-state index in [-0.39, 0.29) is 24.1 Å². The van der Waals surface area contributed by atoms with Gasteiger partial charge in [0.15, 0.2) is 0 Å². The Morgan fingerprint density at radius 3 is 2.37 bits per heavy atom. The lowest BCUT2D eigenvalue weighted by Gasteiger charge is -2.11. The highest BCUT2D eigenvalue weighted by Gasteiger charge is 2.07. The van der Waals surface area contributed by atoms with Crippen LogP contribution in [0.15, 0.2) is 47.4 Å². The quantitative estimate of drug-likeness (QED) is 0.479. The second-order valence-corrected chi connectivity index (χ2v) is 7.01. The zero-order valence-electron chi connectivity index (χ0n) is 15.8. The molecule has 0 saturated carbocycles. The number of anilines is 1. The molecule has 0 fully saturated rings. The molecule has 0 radical (unpaired) electrons. The maximum Gasteiger partial charge on any atom is 0.257 e. The molecule has 2 amide bonds. The minimum absolute atomic E-state index is 0.0796. The van der Waals surface area contributed by atoms with Crippen LogP contribution in [0.4, 0.5) is 5.69 Å². The van der Waals surface area contributed by atoms with Gasteiger partial charge in [0.1, 0.15) is 5.75 Å². The Balaban J connectivity index is 1.67. The minimum Gasteiger partial charge on any atom is -0.494 e. The first-order chi connectivity index (χ1) is 13.0. The number of hydrazine groups is 1. The molecule has 0 aliphatic heterocycles. The third kappa shape index (κ3) is 7.22. The monoisotopic (exact) mass is 387 g/mol. The molecule has 6 nitrogen and oxygen atoms in total. The Labute approximate surface area is 164 Å². The smallest absolute Gasteiger partial charge is 0.257 e. The molecule has 0 bridgehead atoms. The first kappa shape index (κ1) is 20.6. The van der Waals surface area contributed by atoms with Crippen molar-refractivity contribution < 1.29 is 14.3 Å². The van der Waals surface area contributed by atoms with Crippen LogP contribution >= 0.6 is 11.8 Å². The summed E-state index contributed by atoms with van der Waals surface area (Å²) in [6.45, 7) is 6.62. The Morgan fingerprint density at radius 1 is 1.00 bits per heavy atom. The normalized spacial score (nSPS) is 10.2. The molecule has 3 N–H and O–H groups in total. The van der Waals surface area contributed by atoms with Gasteiger partial charge in [0.05, 0.1) is 18.9 Å². The van der Waals surface area contributed by atoms with Crippen molar-refractivity contribution in [2.75, 3.05) is 24.2 Å². The SMILES string of the molecule is CCOc1ccc(SCC(=O)NNC(=O)CNc2ccc(C)cc2C)cc1. The maximum absolute atomic E-state index is 11.9. The van der Waals surface area contributed by atoms with Crippen LogP contribution in [0.2, 0.25) is 0 Å². The molecule has 7 heteroatoms. The lowest BCUT2D eigenvalue weighted by Crippen LogP contribution is -2.44. The van der Waals surface area contributed by atoms with E-state index < -0.39 is 0 Å². The van der Waals surface area contributed by atoms with Crippen molar-refractivity contribution in [1.82, 2.24) is 10.9 Å². The molecule has 0 heterocycles. The van der Waals surface area contributed by atoms with E-state index in [9.17, 15) is 9.59 Å². The average Bonchev–Trinajstić information content (AvgIpc) is 2.65. The van der Waals surface area contributed by atoms with E-state index in [1.165, 1.54) is 17.3 Å². The van der Waals surface area contributed by atoms with Crippen molar-refractivity contribution in [3.63, 3.8) is 0 Å². The fourth-order valence-electron chi connectivity index (χ4n) is 2.35. The standard InChI is InChI=1S/C20H25N3O3S/c1-4-26-16-6-8-17(9-7-16)27-13-20(25)23-22-19(24)12-21-18-10-5-14(2)11-15(18)3/h5-11,21H,4,12-13H2,1-3H3,(H,22,24)(H,23,25). The summed E-state index contributed by atoms with van der Waals surface area (Å²) in [7, 11) is 0. The van der Waals surface area contributed by atoms with Crippen LogP contribution in [0.3, 0.4) is 0 Å². The van der Waals surface area contributed by atoms with Gasteiger partial charge in [0.25, 0.3) is 5.91 Å². The van der Waals surface area contributed by atoms with Gasteiger partial charge in [0.2, 0.25) is 5.91 Å². The van der Waals surface area contributed by atoms with Gasteiger partial charge in [-0.25, -0.2) is 0 Å². The summed E-state index contributed by atoms with van der Waals surface area (Å²) >= 11 is 1.39. The van der Waals surface area contributed by atoms with E-state index in [2.05, 4.69) is 16.2 Å². The molecule has 0 aromatic heterocycles. The highest BCUT2D eigenvalue weighted by Crippen LogP contribution is 2.21. The lowest BCUT2D eigenvalue weighted by atomic mass is 10.1. The number of aryl methyl sites for hydroxylation is 2. The number of hydrogen-bond acceptors (Lipinski definition) is 5. The third-order valence-corrected chi connectivity index (χ3v) is 4.68. The van der Waals surface area contributed by atoms with Crippen molar-refractivity contribution in [3.05, 3.63) is 53.6 Å². The van der Waals surface area contributed by atoms with Crippen molar-refractivity contribution in [2.45, 2.75) is 25.7 Å². The summed E-state index contributed by atoms with van der Waals surface area (Å²) in [6, 6.07) is 13.5. The number of ether oxygens (including phenoxy) is 1. The zero-order chi connectivity index (χ0) is 19.6. The summed E-state index contributed by atoms with van der Waals surface area (Å²) in [4.78, 5) is 24.7. The number of rotatable bonds is 8. The number of thioether (sulfide) groups is 1. The number of amides is 2. The van der Waals surface area contributed by atoms with E-state index in [1.54, 1.807) is 0 Å². The zero-order valence-corrected chi connectivity index (χ0v) is 16.6. The summed E-state index contributed by atoms with van der Waals surface area (Å²) in [5.41, 5.74) is 7.96. The third-order valence-electron chi connectivity index (χ3n) is 3.67. The number of benzene rings is 2.